The van der Waals surface area contributed by atoms with Crippen molar-refractivity contribution in [1.82, 2.24) is 14.9 Å². The Morgan fingerprint density at radius 1 is 1.14 bits per heavy atom. The summed E-state index contributed by atoms with van der Waals surface area (Å²) in [4.78, 5) is 35.9. The summed E-state index contributed by atoms with van der Waals surface area (Å²) in [7, 11) is 0. The molecular formula is C19H24N6O3. The maximum atomic E-state index is 12.4. The van der Waals surface area contributed by atoms with E-state index in [9.17, 15) is 14.9 Å². The molecule has 0 bridgehead atoms. The van der Waals surface area contributed by atoms with Gasteiger partial charge in [0.15, 0.2) is 0 Å². The van der Waals surface area contributed by atoms with Crippen LogP contribution in [0.25, 0.3) is 0 Å². The Morgan fingerprint density at radius 3 is 2.50 bits per heavy atom. The Kier molecular flexibility index (Phi) is 5.84. The van der Waals surface area contributed by atoms with Crippen LogP contribution in [0.3, 0.4) is 0 Å². The van der Waals surface area contributed by atoms with Gasteiger partial charge in [-0.2, -0.15) is 0 Å². The number of nitro benzene ring substituents is 1. The lowest BCUT2D eigenvalue weighted by Gasteiger charge is -2.35. The van der Waals surface area contributed by atoms with Gasteiger partial charge in [0.2, 0.25) is 5.91 Å². The van der Waals surface area contributed by atoms with Gasteiger partial charge in [0, 0.05) is 50.1 Å². The van der Waals surface area contributed by atoms with Crippen LogP contribution < -0.4 is 10.2 Å². The van der Waals surface area contributed by atoms with E-state index in [1.807, 2.05) is 26.8 Å². The number of amides is 1. The van der Waals surface area contributed by atoms with E-state index in [0.717, 1.165) is 49.1 Å². The molecule has 0 atom stereocenters. The smallest absolute Gasteiger partial charge is 0.271 e. The Labute approximate surface area is 163 Å². The van der Waals surface area contributed by atoms with Gasteiger partial charge in [-0.05, 0) is 26.3 Å². The molecular weight excluding hydrogens is 360 g/mol. The maximum Gasteiger partial charge on any atom is 0.271 e. The van der Waals surface area contributed by atoms with E-state index in [0.29, 0.717) is 5.69 Å². The number of aromatic nitrogens is 2. The summed E-state index contributed by atoms with van der Waals surface area (Å²) in [5.41, 5.74) is 2.17. The highest BCUT2D eigenvalue weighted by atomic mass is 16.6. The average molecular weight is 384 g/mol. The van der Waals surface area contributed by atoms with Crippen molar-refractivity contribution < 1.29 is 9.72 Å². The Balaban J connectivity index is 1.55. The molecule has 3 rings (SSSR count). The van der Waals surface area contributed by atoms with Crippen molar-refractivity contribution in [3.8, 4) is 0 Å². The number of non-ortho nitro benzene ring substituents is 1. The molecule has 1 saturated heterocycles. The standard InChI is InChI=1S/C19H24N6O3/c1-13-4-5-16(25(27)28)11-17(13)22-19(26)12-23-6-8-24(9-7-23)18-10-14(2)20-15(3)21-18/h4-5,10-11H,6-9,12H2,1-3H3,(H,22,26). The summed E-state index contributed by atoms with van der Waals surface area (Å²) in [5, 5.41) is 13.7. The highest BCUT2D eigenvalue weighted by Gasteiger charge is 2.21. The molecule has 1 aromatic heterocycles. The van der Waals surface area contributed by atoms with E-state index in [2.05, 4.69) is 25.1 Å². The molecule has 1 fully saturated rings. The molecule has 0 radical (unpaired) electrons. The summed E-state index contributed by atoms with van der Waals surface area (Å²) >= 11 is 0. The molecule has 0 spiro atoms. The van der Waals surface area contributed by atoms with Gasteiger partial charge in [0.25, 0.3) is 5.69 Å². The van der Waals surface area contributed by atoms with Crippen LogP contribution in [0.4, 0.5) is 17.2 Å². The van der Waals surface area contributed by atoms with E-state index in [4.69, 9.17) is 0 Å². The predicted octanol–water partition coefficient (Wildman–Crippen LogP) is 2.07. The van der Waals surface area contributed by atoms with Crippen molar-refractivity contribution in [2.75, 3.05) is 42.9 Å². The molecule has 2 aromatic rings. The molecule has 148 valence electrons. The minimum absolute atomic E-state index is 0.0371. The molecule has 1 aliphatic heterocycles. The molecule has 9 heteroatoms. The van der Waals surface area contributed by atoms with Crippen LogP contribution in [0.2, 0.25) is 0 Å². The lowest BCUT2D eigenvalue weighted by Crippen LogP contribution is -2.49. The van der Waals surface area contributed by atoms with E-state index >= 15 is 0 Å². The Hall–Kier alpha value is -3.07. The van der Waals surface area contributed by atoms with Crippen molar-refractivity contribution in [2.45, 2.75) is 20.8 Å². The van der Waals surface area contributed by atoms with Crippen molar-refractivity contribution in [2.24, 2.45) is 0 Å². The van der Waals surface area contributed by atoms with Crippen molar-refractivity contribution in [1.29, 1.82) is 0 Å². The van der Waals surface area contributed by atoms with Crippen LogP contribution in [0.1, 0.15) is 17.1 Å². The normalized spacial score (nSPS) is 14.8. The number of piperazine rings is 1. The zero-order valence-corrected chi connectivity index (χ0v) is 16.3. The second kappa shape index (κ2) is 8.30. The van der Waals surface area contributed by atoms with E-state index in [1.54, 1.807) is 6.07 Å². The van der Waals surface area contributed by atoms with E-state index in [1.165, 1.54) is 12.1 Å². The van der Waals surface area contributed by atoms with Crippen LogP contribution in [0.15, 0.2) is 24.3 Å². The zero-order chi connectivity index (χ0) is 20.3. The van der Waals surface area contributed by atoms with Crippen LogP contribution >= 0.6 is 0 Å². The van der Waals surface area contributed by atoms with Gasteiger partial charge < -0.3 is 10.2 Å². The fraction of sp³-hybridized carbons (Fsp3) is 0.421. The third kappa shape index (κ3) is 4.80. The first-order valence-electron chi connectivity index (χ1n) is 9.16. The molecule has 1 N–H and O–H groups in total. The average Bonchev–Trinajstić information content (AvgIpc) is 2.63. The van der Waals surface area contributed by atoms with Crippen LogP contribution in [0, 0.1) is 30.9 Å². The van der Waals surface area contributed by atoms with Crippen molar-refractivity contribution in [3.63, 3.8) is 0 Å². The van der Waals surface area contributed by atoms with Gasteiger partial charge >= 0.3 is 0 Å². The highest BCUT2D eigenvalue weighted by Crippen LogP contribution is 2.22. The number of aryl methyl sites for hydroxylation is 3. The largest absolute Gasteiger partial charge is 0.354 e. The molecule has 0 unspecified atom stereocenters. The fourth-order valence-corrected chi connectivity index (χ4v) is 3.25. The number of benzene rings is 1. The quantitative estimate of drug-likeness (QED) is 0.621. The van der Waals surface area contributed by atoms with Crippen LogP contribution in [0.5, 0.6) is 0 Å². The zero-order valence-electron chi connectivity index (χ0n) is 16.3. The summed E-state index contributed by atoms with van der Waals surface area (Å²) in [6, 6.07) is 6.43. The molecule has 2 heterocycles. The van der Waals surface area contributed by atoms with Gasteiger partial charge in [0.1, 0.15) is 11.6 Å². The number of carbonyl (C=O) groups is 1. The molecule has 1 amide bonds. The minimum Gasteiger partial charge on any atom is -0.354 e. The van der Waals surface area contributed by atoms with Crippen LogP contribution in [-0.2, 0) is 4.79 Å². The SMILES string of the molecule is Cc1cc(N2CCN(CC(=O)Nc3cc([N+](=O)[O-])ccc3C)CC2)nc(C)n1. The van der Waals surface area contributed by atoms with Crippen molar-refractivity contribution in [3.05, 3.63) is 51.5 Å². The highest BCUT2D eigenvalue weighted by molar-refractivity contribution is 5.93. The second-order valence-corrected chi connectivity index (χ2v) is 6.98. The summed E-state index contributed by atoms with van der Waals surface area (Å²) in [6.07, 6.45) is 0. The third-order valence-electron chi connectivity index (χ3n) is 4.72. The second-order valence-electron chi connectivity index (χ2n) is 6.98. The molecule has 28 heavy (non-hydrogen) atoms. The number of hydrogen-bond acceptors (Lipinski definition) is 7. The Morgan fingerprint density at radius 2 is 1.86 bits per heavy atom. The number of hydrogen-bond donors (Lipinski definition) is 1. The summed E-state index contributed by atoms with van der Waals surface area (Å²) in [5.74, 6) is 1.50. The first kappa shape index (κ1) is 19.7. The maximum absolute atomic E-state index is 12.4. The summed E-state index contributed by atoms with van der Waals surface area (Å²) < 4.78 is 0. The van der Waals surface area contributed by atoms with Crippen molar-refractivity contribution >= 4 is 23.1 Å². The van der Waals surface area contributed by atoms with Gasteiger partial charge in [-0.15, -0.1) is 0 Å². The molecule has 0 saturated carbocycles. The molecule has 9 nitrogen and oxygen atoms in total. The third-order valence-corrected chi connectivity index (χ3v) is 4.72. The number of nitrogens with zero attached hydrogens (tertiary/aromatic N) is 5. The van der Waals surface area contributed by atoms with E-state index in [-0.39, 0.29) is 18.1 Å². The number of carbonyl (C=O) groups excluding carboxylic acids is 1. The molecule has 1 aromatic carbocycles. The van der Waals surface area contributed by atoms with Gasteiger partial charge in [0.05, 0.1) is 17.2 Å². The summed E-state index contributed by atoms with van der Waals surface area (Å²) in [6.45, 7) is 8.92. The first-order chi connectivity index (χ1) is 13.3. The predicted molar refractivity (Wildman–Crippen MR) is 107 cm³/mol. The van der Waals surface area contributed by atoms with Crippen LogP contribution in [-0.4, -0.2) is 58.4 Å². The number of anilines is 2. The number of rotatable bonds is 5. The van der Waals surface area contributed by atoms with Gasteiger partial charge in [-0.3, -0.25) is 19.8 Å². The number of nitrogens with one attached hydrogen (secondary N) is 1. The fourth-order valence-electron chi connectivity index (χ4n) is 3.25. The monoisotopic (exact) mass is 384 g/mol. The topological polar surface area (TPSA) is 104 Å². The minimum atomic E-state index is -0.467. The molecule has 0 aliphatic carbocycles. The Bertz CT molecular complexity index is 873. The van der Waals surface area contributed by atoms with E-state index < -0.39 is 4.92 Å². The lowest BCUT2D eigenvalue weighted by molar-refractivity contribution is -0.384. The van der Waals surface area contributed by atoms with Gasteiger partial charge in [-0.25, -0.2) is 9.97 Å². The molecule has 1 aliphatic rings. The van der Waals surface area contributed by atoms with Gasteiger partial charge in [-0.1, -0.05) is 6.07 Å². The number of nitro groups is 1. The first-order valence-corrected chi connectivity index (χ1v) is 9.16. The lowest BCUT2D eigenvalue weighted by atomic mass is 10.2.